The van der Waals surface area contributed by atoms with Crippen molar-refractivity contribution in [2.24, 2.45) is 0 Å². The van der Waals surface area contributed by atoms with E-state index in [2.05, 4.69) is 18.3 Å². The summed E-state index contributed by atoms with van der Waals surface area (Å²) in [5, 5.41) is 22.7. The van der Waals surface area contributed by atoms with Crippen molar-refractivity contribution < 1.29 is 4.92 Å². The van der Waals surface area contributed by atoms with Crippen LogP contribution in [0, 0.1) is 21.4 Å². The second-order valence-corrected chi connectivity index (χ2v) is 3.72. The molecule has 5 nitrogen and oxygen atoms in total. The van der Waals surface area contributed by atoms with Gasteiger partial charge in [0.15, 0.2) is 0 Å². The summed E-state index contributed by atoms with van der Waals surface area (Å²) in [5.74, 6) is 0. The van der Waals surface area contributed by atoms with E-state index in [0.29, 0.717) is 5.56 Å². The molecule has 0 aliphatic carbocycles. The van der Waals surface area contributed by atoms with Gasteiger partial charge in [0.2, 0.25) is 0 Å². The minimum atomic E-state index is -0.485. The van der Waals surface area contributed by atoms with E-state index in [0.717, 1.165) is 19.4 Å². The first-order valence-electron chi connectivity index (χ1n) is 5.56. The Morgan fingerprint density at radius 2 is 2.35 bits per heavy atom. The van der Waals surface area contributed by atoms with Gasteiger partial charge in [-0.05, 0) is 18.5 Å². The molecule has 5 heteroatoms. The van der Waals surface area contributed by atoms with Gasteiger partial charge in [-0.25, -0.2) is 0 Å². The molecule has 1 rings (SSSR count). The third-order valence-corrected chi connectivity index (χ3v) is 2.42. The lowest BCUT2D eigenvalue weighted by molar-refractivity contribution is -0.384. The van der Waals surface area contributed by atoms with Crippen LogP contribution in [-0.4, -0.2) is 11.5 Å². The van der Waals surface area contributed by atoms with Gasteiger partial charge in [-0.1, -0.05) is 25.5 Å². The number of unbranched alkanes of at least 4 members (excludes halogenated alkanes) is 1. The van der Waals surface area contributed by atoms with Crippen LogP contribution in [0.25, 0.3) is 0 Å². The number of non-ortho nitro benzene ring substituents is 1. The zero-order chi connectivity index (χ0) is 12.7. The van der Waals surface area contributed by atoms with Gasteiger partial charge in [0.25, 0.3) is 5.69 Å². The molecule has 0 heterocycles. The van der Waals surface area contributed by atoms with Crippen LogP contribution in [0.3, 0.4) is 0 Å². The van der Waals surface area contributed by atoms with Gasteiger partial charge in [0.1, 0.15) is 6.04 Å². The molecule has 0 saturated carbocycles. The van der Waals surface area contributed by atoms with Crippen molar-refractivity contribution in [3.63, 3.8) is 0 Å². The Labute approximate surface area is 100 Å². The third-order valence-electron chi connectivity index (χ3n) is 2.42. The third kappa shape index (κ3) is 3.85. The van der Waals surface area contributed by atoms with E-state index in [-0.39, 0.29) is 5.69 Å². The summed E-state index contributed by atoms with van der Waals surface area (Å²) in [6.45, 7) is 2.80. The quantitative estimate of drug-likeness (QED) is 0.465. The number of rotatable bonds is 6. The van der Waals surface area contributed by atoms with E-state index >= 15 is 0 Å². The highest BCUT2D eigenvalue weighted by Gasteiger charge is 2.13. The molecular weight excluding hydrogens is 218 g/mol. The topological polar surface area (TPSA) is 79.0 Å². The Hall–Kier alpha value is -1.93. The van der Waals surface area contributed by atoms with Crippen LogP contribution in [0.1, 0.15) is 31.4 Å². The first-order valence-corrected chi connectivity index (χ1v) is 5.56. The van der Waals surface area contributed by atoms with E-state index in [9.17, 15) is 10.1 Å². The second kappa shape index (κ2) is 6.61. The number of nitro benzene ring substituents is 1. The minimum absolute atomic E-state index is 0.0139. The fourth-order valence-corrected chi connectivity index (χ4v) is 1.48. The lowest BCUT2D eigenvalue weighted by Gasteiger charge is -2.10. The van der Waals surface area contributed by atoms with Crippen LogP contribution in [0.15, 0.2) is 24.3 Å². The standard InChI is InChI=1S/C12H15N3O2/c1-2-3-7-14-12(9-13)10-5-4-6-11(8-10)15(16)17/h4-6,8,12,14H,2-3,7H2,1H3. The number of nitrogens with one attached hydrogen (secondary N) is 1. The number of hydrogen-bond acceptors (Lipinski definition) is 4. The average molecular weight is 233 g/mol. The molecule has 0 spiro atoms. The summed E-state index contributed by atoms with van der Waals surface area (Å²) >= 11 is 0. The van der Waals surface area contributed by atoms with Crippen LogP contribution in [0.4, 0.5) is 5.69 Å². The number of nitrogens with zero attached hydrogens (tertiary/aromatic N) is 2. The Balaban J connectivity index is 2.78. The van der Waals surface area contributed by atoms with Crippen molar-refractivity contribution >= 4 is 5.69 Å². The zero-order valence-corrected chi connectivity index (χ0v) is 9.72. The van der Waals surface area contributed by atoms with Crippen LogP contribution in [0.5, 0.6) is 0 Å². The molecule has 17 heavy (non-hydrogen) atoms. The molecule has 0 radical (unpaired) electrons. The number of nitro groups is 1. The maximum atomic E-state index is 10.6. The number of hydrogen-bond donors (Lipinski definition) is 1. The highest BCUT2D eigenvalue weighted by Crippen LogP contribution is 2.18. The molecule has 0 aliphatic heterocycles. The average Bonchev–Trinajstić information content (AvgIpc) is 2.35. The Morgan fingerprint density at radius 1 is 1.59 bits per heavy atom. The normalized spacial score (nSPS) is 11.8. The molecule has 1 atom stereocenters. The highest BCUT2D eigenvalue weighted by atomic mass is 16.6. The molecule has 0 aromatic heterocycles. The van der Waals surface area contributed by atoms with Gasteiger partial charge >= 0.3 is 0 Å². The van der Waals surface area contributed by atoms with Crippen LogP contribution >= 0.6 is 0 Å². The predicted octanol–water partition coefficient (Wildman–Crippen LogP) is 2.55. The zero-order valence-electron chi connectivity index (χ0n) is 9.72. The van der Waals surface area contributed by atoms with E-state index in [4.69, 9.17) is 5.26 Å². The molecule has 1 aromatic rings. The lowest BCUT2D eigenvalue weighted by Crippen LogP contribution is -2.21. The Bertz CT molecular complexity index is 426. The monoisotopic (exact) mass is 233 g/mol. The molecule has 90 valence electrons. The Kier molecular flexibility index (Phi) is 5.11. The van der Waals surface area contributed by atoms with Crippen LogP contribution in [-0.2, 0) is 0 Å². The van der Waals surface area contributed by atoms with E-state index in [1.807, 2.05) is 0 Å². The van der Waals surface area contributed by atoms with Gasteiger partial charge in [-0.3, -0.25) is 15.4 Å². The first-order chi connectivity index (χ1) is 8.19. The molecular formula is C12H15N3O2. The summed E-state index contributed by atoms with van der Waals surface area (Å²) in [5.41, 5.74) is 0.651. The Morgan fingerprint density at radius 3 is 2.94 bits per heavy atom. The summed E-state index contributed by atoms with van der Waals surface area (Å²) in [4.78, 5) is 10.2. The number of benzene rings is 1. The lowest BCUT2D eigenvalue weighted by atomic mass is 10.1. The van der Waals surface area contributed by atoms with Gasteiger partial charge in [0, 0.05) is 12.1 Å². The van der Waals surface area contributed by atoms with Crippen molar-refractivity contribution in [3.8, 4) is 6.07 Å². The van der Waals surface area contributed by atoms with E-state index < -0.39 is 11.0 Å². The smallest absolute Gasteiger partial charge is 0.269 e. The van der Waals surface area contributed by atoms with Crippen molar-refractivity contribution in [3.05, 3.63) is 39.9 Å². The fraction of sp³-hybridized carbons (Fsp3) is 0.417. The van der Waals surface area contributed by atoms with E-state index in [1.54, 1.807) is 12.1 Å². The maximum Gasteiger partial charge on any atom is 0.269 e. The number of nitriles is 1. The first kappa shape index (κ1) is 13.1. The van der Waals surface area contributed by atoms with Crippen LogP contribution in [0.2, 0.25) is 0 Å². The van der Waals surface area contributed by atoms with Gasteiger partial charge in [0.05, 0.1) is 11.0 Å². The second-order valence-electron chi connectivity index (χ2n) is 3.72. The van der Waals surface area contributed by atoms with Gasteiger partial charge in [-0.2, -0.15) is 5.26 Å². The maximum absolute atomic E-state index is 10.6. The minimum Gasteiger partial charge on any atom is -0.298 e. The SMILES string of the molecule is CCCCNC(C#N)c1cccc([N+](=O)[O-])c1. The predicted molar refractivity (Wildman–Crippen MR) is 64.4 cm³/mol. The molecule has 0 aliphatic rings. The largest absolute Gasteiger partial charge is 0.298 e. The summed E-state index contributed by atoms with van der Waals surface area (Å²) in [6.07, 6.45) is 2.02. The van der Waals surface area contributed by atoms with Gasteiger partial charge < -0.3 is 0 Å². The molecule has 0 bridgehead atoms. The van der Waals surface area contributed by atoms with Gasteiger partial charge in [-0.15, -0.1) is 0 Å². The summed E-state index contributed by atoms with van der Waals surface area (Å²) in [7, 11) is 0. The van der Waals surface area contributed by atoms with Crippen molar-refractivity contribution in [2.75, 3.05) is 6.54 Å². The van der Waals surface area contributed by atoms with Crippen molar-refractivity contribution in [1.82, 2.24) is 5.32 Å². The summed E-state index contributed by atoms with van der Waals surface area (Å²) < 4.78 is 0. The van der Waals surface area contributed by atoms with Crippen LogP contribution < -0.4 is 5.32 Å². The molecule has 0 saturated heterocycles. The molecule has 0 amide bonds. The molecule has 1 N–H and O–H groups in total. The van der Waals surface area contributed by atoms with Crippen molar-refractivity contribution in [1.29, 1.82) is 5.26 Å². The summed E-state index contributed by atoms with van der Waals surface area (Å²) in [6, 6.07) is 7.80. The highest BCUT2D eigenvalue weighted by molar-refractivity contribution is 5.37. The molecule has 1 unspecified atom stereocenters. The fourth-order valence-electron chi connectivity index (χ4n) is 1.48. The van der Waals surface area contributed by atoms with E-state index in [1.165, 1.54) is 12.1 Å². The molecule has 1 aromatic carbocycles. The van der Waals surface area contributed by atoms with Crippen molar-refractivity contribution in [2.45, 2.75) is 25.8 Å². The molecule has 0 fully saturated rings.